The van der Waals surface area contributed by atoms with E-state index in [-0.39, 0.29) is 36.7 Å². The van der Waals surface area contributed by atoms with Gasteiger partial charge in [-0.05, 0) is 24.0 Å². The first-order valence-electron chi connectivity index (χ1n) is 7.36. The zero-order valence-corrected chi connectivity index (χ0v) is 14.2. The van der Waals surface area contributed by atoms with Crippen molar-refractivity contribution < 1.29 is 9.59 Å². The van der Waals surface area contributed by atoms with Crippen molar-refractivity contribution in [2.45, 2.75) is 39.7 Å². The molecule has 0 aliphatic rings. The Kier molecular flexibility index (Phi) is 9.45. The smallest absolute Gasteiger partial charge is 0.243 e. The minimum Gasteiger partial charge on any atom is -0.346 e. The highest BCUT2D eigenvalue weighted by Gasteiger charge is 2.17. The summed E-state index contributed by atoms with van der Waals surface area (Å²) in [5.74, 6) is -0.511. The van der Waals surface area contributed by atoms with E-state index in [0.717, 1.165) is 24.1 Å². The number of hydrogen-bond donors (Lipinski definition) is 3. The van der Waals surface area contributed by atoms with Crippen LogP contribution < -0.4 is 16.4 Å². The minimum absolute atomic E-state index is 0. The fourth-order valence-electron chi connectivity index (χ4n) is 1.91. The number of nitrogens with one attached hydrogen (secondary N) is 2. The summed E-state index contributed by atoms with van der Waals surface area (Å²) in [6.07, 6.45) is 1.91. The van der Waals surface area contributed by atoms with Crippen LogP contribution in [0.5, 0.6) is 0 Å². The molecule has 0 fully saturated rings. The summed E-state index contributed by atoms with van der Waals surface area (Å²) < 4.78 is 0. The maximum atomic E-state index is 11.9. The molecule has 0 heterocycles. The van der Waals surface area contributed by atoms with E-state index < -0.39 is 6.04 Å². The summed E-state index contributed by atoms with van der Waals surface area (Å²) >= 11 is 0. The predicted octanol–water partition coefficient (Wildman–Crippen LogP) is 2.10. The minimum atomic E-state index is -0.592. The summed E-state index contributed by atoms with van der Waals surface area (Å²) in [6, 6.07) is 7.09. The number of rotatable bonds is 7. The fraction of sp³-hybridized carbons (Fsp3) is 0.500. The maximum absolute atomic E-state index is 11.9. The Bertz CT molecular complexity index is 492. The summed E-state index contributed by atoms with van der Waals surface area (Å²) in [4.78, 5) is 23.6. The van der Waals surface area contributed by atoms with E-state index in [0.29, 0.717) is 0 Å². The van der Waals surface area contributed by atoms with Crippen LogP contribution in [0.15, 0.2) is 24.3 Å². The van der Waals surface area contributed by atoms with Crippen LogP contribution >= 0.6 is 12.4 Å². The lowest BCUT2D eigenvalue weighted by Crippen LogP contribution is -2.46. The molecule has 1 rings (SSSR count). The van der Waals surface area contributed by atoms with E-state index >= 15 is 0 Å². The molecule has 1 aromatic rings. The maximum Gasteiger partial charge on any atom is 0.243 e. The van der Waals surface area contributed by atoms with Gasteiger partial charge in [0, 0.05) is 5.69 Å². The normalized spacial score (nSPS) is 11.5. The van der Waals surface area contributed by atoms with E-state index in [1.54, 1.807) is 0 Å². The highest BCUT2D eigenvalue weighted by Crippen LogP contribution is 2.16. The van der Waals surface area contributed by atoms with Gasteiger partial charge in [0.05, 0.1) is 12.6 Å². The highest BCUT2D eigenvalue weighted by atomic mass is 35.5. The van der Waals surface area contributed by atoms with Crippen LogP contribution in [0.3, 0.4) is 0 Å². The van der Waals surface area contributed by atoms with E-state index in [2.05, 4.69) is 17.6 Å². The lowest BCUT2D eigenvalue weighted by atomic mass is 10.1. The van der Waals surface area contributed by atoms with Crippen LogP contribution in [-0.2, 0) is 16.0 Å². The molecular formula is C16H26ClN3O2. The third-order valence-corrected chi connectivity index (χ3v) is 3.25. The van der Waals surface area contributed by atoms with Gasteiger partial charge in [-0.25, -0.2) is 0 Å². The molecule has 0 aliphatic carbocycles. The summed E-state index contributed by atoms with van der Waals surface area (Å²) in [5, 5.41) is 5.38. The zero-order chi connectivity index (χ0) is 15.8. The Labute approximate surface area is 138 Å². The van der Waals surface area contributed by atoms with Crippen molar-refractivity contribution in [1.29, 1.82) is 0 Å². The van der Waals surface area contributed by atoms with E-state index in [1.807, 2.05) is 38.1 Å². The van der Waals surface area contributed by atoms with Crippen molar-refractivity contribution in [3.05, 3.63) is 29.8 Å². The molecule has 0 bridgehead atoms. The number of carbonyl (C=O) groups excluding carboxylic acids is 2. The number of anilines is 1. The number of aryl methyl sites for hydroxylation is 1. The number of carbonyl (C=O) groups is 2. The molecule has 4 N–H and O–H groups in total. The average molecular weight is 328 g/mol. The Morgan fingerprint density at radius 2 is 1.86 bits per heavy atom. The first kappa shape index (κ1) is 20.4. The topological polar surface area (TPSA) is 84.2 Å². The van der Waals surface area contributed by atoms with Crippen LogP contribution in [0, 0.1) is 5.92 Å². The fourth-order valence-corrected chi connectivity index (χ4v) is 1.91. The number of benzene rings is 1. The Hall–Kier alpha value is -1.59. The molecule has 1 aromatic carbocycles. The third-order valence-electron chi connectivity index (χ3n) is 3.25. The van der Waals surface area contributed by atoms with Gasteiger partial charge in [-0.2, -0.15) is 0 Å². The first-order chi connectivity index (χ1) is 9.95. The lowest BCUT2D eigenvalue weighted by molar-refractivity contribution is -0.125. The molecular weight excluding hydrogens is 302 g/mol. The van der Waals surface area contributed by atoms with Crippen molar-refractivity contribution in [2.24, 2.45) is 11.7 Å². The van der Waals surface area contributed by atoms with E-state index in [9.17, 15) is 9.59 Å². The van der Waals surface area contributed by atoms with Gasteiger partial charge in [0.25, 0.3) is 0 Å². The van der Waals surface area contributed by atoms with Crippen molar-refractivity contribution in [2.75, 3.05) is 11.9 Å². The largest absolute Gasteiger partial charge is 0.346 e. The number of nitrogens with two attached hydrogens (primary N) is 1. The quantitative estimate of drug-likeness (QED) is 0.717. The number of halogens is 1. The van der Waals surface area contributed by atoms with Crippen LogP contribution in [0.25, 0.3) is 0 Å². The standard InChI is InChI=1S/C16H25N3O2.ClH/c1-4-7-12-8-5-6-9-13(12)19-14(20)10-18-16(21)15(17)11(2)3;/h5-6,8-9,11,15H,4,7,10,17H2,1-3H3,(H,18,21)(H,19,20);1H/t15-;/m0./s1. The van der Waals surface area contributed by atoms with Gasteiger partial charge >= 0.3 is 0 Å². The zero-order valence-electron chi connectivity index (χ0n) is 13.4. The second kappa shape index (κ2) is 10.2. The van der Waals surface area contributed by atoms with Gasteiger partial charge < -0.3 is 16.4 Å². The van der Waals surface area contributed by atoms with Gasteiger partial charge in [0.1, 0.15) is 0 Å². The molecule has 0 saturated carbocycles. The Morgan fingerprint density at radius 1 is 1.23 bits per heavy atom. The van der Waals surface area contributed by atoms with Crippen LogP contribution in [0.1, 0.15) is 32.8 Å². The van der Waals surface area contributed by atoms with Gasteiger partial charge in [-0.3, -0.25) is 9.59 Å². The van der Waals surface area contributed by atoms with Gasteiger partial charge in [-0.1, -0.05) is 45.4 Å². The molecule has 0 aliphatic heterocycles. The van der Waals surface area contributed by atoms with Crippen LogP contribution in [-0.4, -0.2) is 24.4 Å². The average Bonchev–Trinajstić information content (AvgIpc) is 2.46. The van der Waals surface area contributed by atoms with Crippen molar-refractivity contribution in [1.82, 2.24) is 5.32 Å². The molecule has 0 aromatic heterocycles. The number of amides is 2. The summed E-state index contributed by atoms with van der Waals surface area (Å²) in [5.41, 5.74) is 7.61. The predicted molar refractivity (Wildman–Crippen MR) is 92.1 cm³/mol. The molecule has 0 unspecified atom stereocenters. The Balaban J connectivity index is 0.00000441. The molecule has 22 heavy (non-hydrogen) atoms. The SMILES string of the molecule is CCCc1ccccc1NC(=O)CNC(=O)[C@@H](N)C(C)C.Cl. The van der Waals surface area contributed by atoms with E-state index in [4.69, 9.17) is 5.73 Å². The van der Waals surface area contributed by atoms with Crippen LogP contribution in [0.2, 0.25) is 0 Å². The lowest BCUT2D eigenvalue weighted by Gasteiger charge is -2.15. The third kappa shape index (κ3) is 6.45. The molecule has 124 valence electrons. The highest BCUT2D eigenvalue weighted by molar-refractivity contribution is 5.95. The monoisotopic (exact) mass is 327 g/mol. The molecule has 0 spiro atoms. The molecule has 0 saturated heterocycles. The number of para-hydroxylation sites is 1. The Morgan fingerprint density at radius 3 is 2.45 bits per heavy atom. The first-order valence-corrected chi connectivity index (χ1v) is 7.36. The van der Waals surface area contributed by atoms with Gasteiger partial charge in [-0.15, -0.1) is 12.4 Å². The second-order valence-electron chi connectivity index (χ2n) is 5.44. The van der Waals surface area contributed by atoms with E-state index in [1.165, 1.54) is 0 Å². The molecule has 5 nitrogen and oxygen atoms in total. The van der Waals surface area contributed by atoms with Crippen molar-refractivity contribution in [3.8, 4) is 0 Å². The van der Waals surface area contributed by atoms with Crippen LogP contribution in [0.4, 0.5) is 5.69 Å². The molecule has 6 heteroatoms. The summed E-state index contributed by atoms with van der Waals surface area (Å²) in [7, 11) is 0. The molecule has 2 amide bonds. The molecule has 0 radical (unpaired) electrons. The second-order valence-corrected chi connectivity index (χ2v) is 5.44. The van der Waals surface area contributed by atoms with Gasteiger partial charge in [0.15, 0.2) is 0 Å². The molecule has 1 atom stereocenters. The van der Waals surface area contributed by atoms with Gasteiger partial charge in [0.2, 0.25) is 11.8 Å². The van der Waals surface area contributed by atoms with Crippen molar-refractivity contribution in [3.63, 3.8) is 0 Å². The number of hydrogen-bond acceptors (Lipinski definition) is 3. The van der Waals surface area contributed by atoms with Crippen molar-refractivity contribution >= 4 is 29.9 Å². The summed E-state index contributed by atoms with van der Waals surface area (Å²) in [6.45, 7) is 5.75.